The first kappa shape index (κ1) is 26.2. The third-order valence-electron chi connectivity index (χ3n) is 5.95. The van der Waals surface area contributed by atoms with Crippen molar-refractivity contribution in [3.05, 3.63) is 59.1 Å². The zero-order valence-electron chi connectivity index (χ0n) is 19.7. The lowest BCUT2D eigenvalue weighted by Crippen LogP contribution is -2.41. The molecule has 3 rings (SSSR count). The third-order valence-corrected chi connectivity index (χ3v) is 8.11. The molecule has 1 heterocycles. The molecule has 1 aliphatic rings. The van der Waals surface area contributed by atoms with Crippen LogP contribution in [0.5, 0.6) is 0 Å². The van der Waals surface area contributed by atoms with E-state index in [1.165, 1.54) is 16.4 Å². The molecule has 0 atom stereocenters. The number of piperidine rings is 1. The van der Waals surface area contributed by atoms with Gasteiger partial charge in [0, 0.05) is 48.4 Å². The number of nitrogens with zero attached hydrogens (tertiary/aromatic N) is 2. The summed E-state index contributed by atoms with van der Waals surface area (Å²) in [5, 5.41) is 3.47. The van der Waals surface area contributed by atoms with Gasteiger partial charge in [0.15, 0.2) is 0 Å². The van der Waals surface area contributed by atoms with Gasteiger partial charge in [-0.15, -0.1) is 0 Å². The fourth-order valence-corrected chi connectivity index (χ4v) is 5.82. The van der Waals surface area contributed by atoms with Crippen LogP contribution in [0.1, 0.15) is 49.9 Å². The van der Waals surface area contributed by atoms with Crippen molar-refractivity contribution in [1.82, 2.24) is 9.21 Å². The van der Waals surface area contributed by atoms with Crippen molar-refractivity contribution < 1.29 is 18.0 Å². The fourth-order valence-electron chi connectivity index (χ4n) is 4.07. The molecule has 7 nitrogen and oxygen atoms in total. The van der Waals surface area contributed by atoms with Gasteiger partial charge in [-0.1, -0.05) is 25.4 Å². The van der Waals surface area contributed by atoms with Crippen LogP contribution >= 0.6 is 11.6 Å². The van der Waals surface area contributed by atoms with Crippen molar-refractivity contribution >= 4 is 39.1 Å². The molecular formula is C25H32ClN3O4S. The zero-order valence-corrected chi connectivity index (χ0v) is 21.2. The topological polar surface area (TPSA) is 86.8 Å². The maximum absolute atomic E-state index is 12.9. The molecule has 1 saturated heterocycles. The average Bonchev–Trinajstić information content (AvgIpc) is 2.84. The number of hydrogen-bond donors (Lipinski definition) is 1. The molecule has 9 heteroatoms. The molecule has 0 saturated carbocycles. The summed E-state index contributed by atoms with van der Waals surface area (Å²) < 4.78 is 27.3. The standard InChI is InChI=1S/C25H32ClN3O4S/c1-3-15-29(16-4-2)34(32,33)23-11-9-22(10-12-23)27-24(30)19-13-17-28(18-14-19)25(31)20-5-7-21(26)8-6-20/h5-12,19H,3-4,13-18H2,1-2H3,(H,27,30). The first-order valence-corrected chi connectivity index (χ1v) is 13.5. The lowest BCUT2D eigenvalue weighted by molar-refractivity contribution is -0.121. The zero-order chi connectivity index (χ0) is 24.7. The van der Waals surface area contributed by atoms with E-state index in [-0.39, 0.29) is 22.6 Å². The van der Waals surface area contributed by atoms with Gasteiger partial charge in [0.2, 0.25) is 15.9 Å². The minimum atomic E-state index is -3.55. The molecule has 1 aliphatic heterocycles. The Balaban J connectivity index is 1.56. The number of anilines is 1. The summed E-state index contributed by atoms with van der Waals surface area (Å²) in [5.41, 5.74) is 1.14. The predicted molar refractivity (Wildman–Crippen MR) is 134 cm³/mol. The molecule has 0 bridgehead atoms. The first-order valence-electron chi connectivity index (χ1n) is 11.7. The van der Waals surface area contributed by atoms with Gasteiger partial charge < -0.3 is 10.2 Å². The van der Waals surface area contributed by atoms with E-state index < -0.39 is 10.0 Å². The summed E-state index contributed by atoms with van der Waals surface area (Å²) in [6.07, 6.45) is 2.64. The molecule has 0 unspecified atom stereocenters. The van der Waals surface area contributed by atoms with Crippen LogP contribution < -0.4 is 5.32 Å². The van der Waals surface area contributed by atoms with E-state index in [2.05, 4.69) is 5.32 Å². The van der Waals surface area contributed by atoms with E-state index in [9.17, 15) is 18.0 Å². The SMILES string of the molecule is CCCN(CCC)S(=O)(=O)c1ccc(NC(=O)C2CCN(C(=O)c3ccc(Cl)cc3)CC2)cc1. The van der Waals surface area contributed by atoms with Crippen LogP contribution in [0.2, 0.25) is 5.02 Å². The molecule has 184 valence electrons. The van der Waals surface area contributed by atoms with Gasteiger partial charge in [-0.05, 0) is 74.2 Å². The molecule has 0 aliphatic carbocycles. The molecule has 34 heavy (non-hydrogen) atoms. The minimum Gasteiger partial charge on any atom is -0.339 e. The van der Waals surface area contributed by atoms with E-state index in [0.29, 0.717) is 55.3 Å². The van der Waals surface area contributed by atoms with Gasteiger partial charge >= 0.3 is 0 Å². The Kier molecular flexibility index (Phi) is 9.10. The average molecular weight is 506 g/mol. The Morgan fingerprint density at radius 2 is 1.53 bits per heavy atom. The molecule has 2 amide bonds. The van der Waals surface area contributed by atoms with Crippen LogP contribution in [-0.2, 0) is 14.8 Å². The highest BCUT2D eigenvalue weighted by molar-refractivity contribution is 7.89. The van der Waals surface area contributed by atoms with Gasteiger partial charge in [-0.3, -0.25) is 9.59 Å². The highest BCUT2D eigenvalue weighted by Crippen LogP contribution is 2.23. The Hall–Kier alpha value is -2.42. The number of benzene rings is 2. The molecule has 1 fully saturated rings. The molecule has 0 spiro atoms. The maximum atomic E-state index is 12.9. The normalized spacial score (nSPS) is 14.9. The lowest BCUT2D eigenvalue weighted by Gasteiger charge is -2.31. The molecule has 2 aromatic carbocycles. The lowest BCUT2D eigenvalue weighted by atomic mass is 9.95. The van der Waals surface area contributed by atoms with E-state index in [4.69, 9.17) is 11.6 Å². The van der Waals surface area contributed by atoms with Gasteiger partial charge in [0.05, 0.1) is 4.90 Å². The summed E-state index contributed by atoms with van der Waals surface area (Å²) in [6, 6.07) is 13.1. The number of halogens is 1. The van der Waals surface area contributed by atoms with Crippen LogP contribution in [0.3, 0.4) is 0 Å². The van der Waals surface area contributed by atoms with Gasteiger partial charge in [0.1, 0.15) is 0 Å². The Bertz CT molecular complexity index is 1070. The first-order chi connectivity index (χ1) is 16.3. The number of hydrogen-bond acceptors (Lipinski definition) is 4. The Morgan fingerprint density at radius 1 is 0.971 bits per heavy atom. The summed E-state index contributed by atoms with van der Waals surface area (Å²) >= 11 is 5.89. The molecular weight excluding hydrogens is 474 g/mol. The summed E-state index contributed by atoms with van der Waals surface area (Å²) in [7, 11) is -3.55. The Morgan fingerprint density at radius 3 is 2.06 bits per heavy atom. The number of amides is 2. The van der Waals surface area contributed by atoms with Crippen LogP contribution in [0, 0.1) is 5.92 Å². The summed E-state index contributed by atoms with van der Waals surface area (Å²) in [6.45, 7) is 5.87. The van der Waals surface area contributed by atoms with Crippen molar-refractivity contribution in [2.45, 2.75) is 44.4 Å². The van der Waals surface area contributed by atoms with Crippen molar-refractivity contribution in [3.63, 3.8) is 0 Å². The van der Waals surface area contributed by atoms with Crippen LogP contribution in [-0.4, -0.2) is 55.6 Å². The fraction of sp³-hybridized carbons (Fsp3) is 0.440. The molecule has 1 N–H and O–H groups in total. The Labute approximate surface area is 207 Å². The number of carbonyl (C=O) groups excluding carboxylic acids is 2. The van der Waals surface area contributed by atoms with Crippen molar-refractivity contribution in [2.75, 3.05) is 31.5 Å². The predicted octanol–water partition coefficient (Wildman–Crippen LogP) is 4.64. The van der Waals surface area contributed by atoms with Crippen LogP contribution in [0.25, 0.3) is 0 Å². The van der Waals surface area contributed by atoms with Crippen molar-refractivity contribution in [2.24, 2.45) is 5.92 Å². The molecule has 0 radical (unpaired) electrons. The largest absolute Gasteiger partial charge is 0.339 e. The summed E-state index contributed by atoms with van der Waals surface area (Å²) in [5.74, 6) is -0.386. The van der Waals surface area contributed by atoms with Crippen molar-refractivity contribution in [1.29, 1.82) is 0 Å². The quantitative estimate of drug-likeness (QED) is 0.537. The number of nitrogens with one attached hydrogen (secondary N) is 1. The highest BCUT2D eigenvalue weighted by Gasteiger charge is 2.28. The second-order valence-corrected chi connectivity index (χ2v) is 10.9. The number of sulfonamides is 1. The maximum Gasteiger partial charge on any atom is 0.253 e. The van der Waals surface area contributed by atoms with E-state index >= 15 is 0 Å². The number of rotatable bonds is 9. The number of likely N-dealkylation sites (tertiary alicyclic amines) is 1. The van der Waals surface area contributed by atoms with Crippen LogP contribution in [0.4, 0.5) is 5.69 Å². The monoisotopic (exact) mass is 505 g/mol. The minimum absolute atomic E-state index is 0.0625. The highest BCUT2D eigenvalue weighted by atomic mass is 35.5. The second-order valence-electron chi connectivity index (χ2n) is 8.49. The van der Waals surface area contributed by atoms with Gasteiger partial charge in [0.25, 0.3) is 5.91 Å². The number of carbonyl (C=O) groups is 2. The molecule has 2 aromatic rings. The van der Waals surface area contributed by atoms with E-state index in [1.54, 1.807) is 41.3 Å². The van der Waals surface area contributed by atoms with E-state index in [1.807, 2.05) is 13.8 Å². The van der Waals surface area contributed by atoms with Crippen LogP contribution in [0.15, 0.2) is 53.4 Å². The summed E-state index contributed by atoms with van der Waals surface area (Å²) in [4.78, 5) is 27.4. The van der Waals surface area contributed by atoms with Gasteiger partial charge in [-0.2, -0.15) is 4.31 Å². The second kappa shape index (κ2) is 11.8. The smallest absolute Gasteiger partial charge is 0.253 e. The third kappa shape index (κ3) is 6.37. The molecule has 0 aromatic heterocycles. The van der Waals surface area contributed by atoms with Gasteiger partial charge in [-0.25, -0.2) is 8.42 Å². The van der Waals surface area contributed by atoms with E-state index in [0.717, 1.165) is 12.8 Å². The van der Waals surface area contributed by atoms with Crippen molar-refractivity contribution in [3.8, 4) is 0 Å².